The van der Waals surface area contributed by atoms with E-state index in [1.54, 1.807) is 0 Å². The molecule has 1 aromatic heterocycles. The van der Waals surface area contributed by atoms with Gasteiger partial charge in [-0.1, -0.05) is 11.6 Å². The molecule has 3 rings (SSSR count). The fourth-order valence-corrected chi connectivity index (χ4v) is 3.25. The fraction of sp³-hybridized carbons (Fsp3) is 0. The summed E-state index contributed by atoms with van der Waals surface area (Å²) in [6.07, 6.45) is 1.30. The molecule has 0 aliphatic heterocycles. The topological polar surface area (TPSA) is 71.1 Å². The summed E-state index contributed by atoms with van der Waals surface area (Å²) < 4.78 is 53.1. The molecule has 2 aromatic carbocycles. The number of pyridine rings is 1. The highest BCUT2D eigenvalue weighted by Crippen LogP contribution is 2.21. The Hall–Kier alpha value is -2.71. The van der Waals surface area contributed by atoms with Crippen molar-refractivity contribution in [2.24, 2.45) is 0 Å². The molecule has 0 amide bonds. The second-order valence-corrected chi connectivity index (χ2v) is 7.36. The number of anilines is 3. The van der Waals surface area contributed by atoms with Crippen LogP contribution < -0.4 is 10.0 Å². The molecule has 9 heteroatoms. The molecule has 0 unspecified atom stereocenters. The van der Waals surface area contributed by atoms with Crippen molar-refractivity contribution in [3.8, 4) is 0 Å². The van der Waals surface area contributed by atoms with Crippen LogP contribution in [0.2, 0.25) is 5.02 Å². The van der Waals surface area contributed by atoms with Gasteiger partial charge in [-0.3, -0.25) is 4.72 Å². The zero-order chi connectivity index (χ0) is 18.7. The SMILES string of the molecule is O=S(=O)(Nc1ccc(Nc2ccc(F)c(F)c2)nc1)c1ccc(Cl)cc1. The lowest BCUT2D eigenvalue weighted by Crippen LogP contribution is -2.13. The van der Waals surface area contributed by atoms with Crippen LogP contribution in [0.5, 0.6) is 0 Å². The number of aromatic nitrogens is 1. The molecular weight excluding hydrogens is 384 g/mol. The van der Waals surface area contributed by atoms with E-state index in [-0.39, 0.29) is 10.6 Å². The molecule has 1 heterocycles. The fourth-order valence-electron chi connectivity index (χ4n) is 2.08. The minimum absolute atomic E-state index is 0.0610. The molecular formula is C17H12ClF2N3O2S. The molecule has 0 spiro atoms. The quantitative estimate of drug-likeness (QED) is 0.664. The third-order valence-electron chi connectivity index (χ3n) is 3.33. The van der Waals surface area contributed by atoms with E-state index in [2.05, 4.69) is 15.0 Å². The normalized spacial score (nSPS) is 11.2. The van der Waals surface area contributed by atoms with Gasteiger partial charge in [0.2, 0.25) is 0 Å². The van der Waals surface area contributed by atoms with Gasteiger partial charge in [-0.15, -0.1) is 0 Å². The Kier molecular flexibility index (Phi) is 5.06. The van der Waals surface area contributed by atoms with Crippen molar-refractivity contribution in [2.45, 2.75) is 4.90 Å². The predicted octanol–water partition coefficient (Wildman–Crippen LogP) is 4.56. The van der Waals surface area contributed by atoms with Crippen LogP contribution in [0.15, 0.2) is 65.7 Å². The monoisotopic (exact) mass is 395 g/mol. The van der Waals surface area contributed by atoms with Crippen LogP contribution in [0.4, 0.5) is 26.0 Å². The zero-order valence-electron chi connectivity index (χ0n) is 13.1. The lowest BCUT2D eigenvalue weighted by molar-refractivity contribution is 0.509. The summed E-state index contributed by atoms with van der Waals surface area (Å²) in [4.78, 5) is 4.10. The van der Waals surface area contributed by atoms with E-state index in [9.17, 15) is 17.2 Å². The van der Waals surface area contributed by atoms with Crippen LogP contribution in [0.3, 0.4) is 0 Å². The Morgan fingerprint density at radius 1 is 0.885 bits per heavy atom. The lowest BCUT2D eigenvalue weighted by atomic mass is 10.3. The number of nitrogens with one attached hydrogen (secondary N) is 2. The van der Waals surface area contributed by atoms with Gasteiger partial charge in [0.1, 0.15) is 5.82 Å². The van der Waals surface area contributed by atoms with Gasteiger partial charge in [0.15, 0.2) is 11.6 Å². The maximum absolute atomic E-state index is 13.2. The number of benzene rings is 2. The van der Waals surface area contributed by atoms with Crippen molar-refractivity contribution in [1.82, 2.24) is 4.98 Å². The van der Waals surface area contributed by atoms with E-state index in [4.69, 9.17) is 11.6 Å². The molecule has 0 saturated carbocycles. The van der Waals surface area contributed by atoms with Crippen molar-refractivity contribution in [3.05, 3.63) is 77.5 Å². The number of rotatable bonds is 5. The first kappa shape index (κ1) is 18.1. The molecule has 0 aliphatic rings. The van der Waals surface area contributed by atoms with Gasteiger partial charge in [0.05, 0.1) is 16.8 Å². The van der Waals surface area contributed by atoms with E-state index in [1.807, 2.05) is 0 Å². The molecule has 0 saturated heterocycles. The molecule has 5 nitrogen and oxygen atoms in total. The summed E-state index contributed by atoms with van der Waals surface area (Å²) in [5.74, 6) is -1.59. The summed E-state index contributed by atoms with van der Waals surface area (Å²) in [6.45, 7) is 0. The first-order valence-electron chi connectivity index (χ1n) is 7.30. The second-order valence-electron chi connectivity index (χ2n) is 5.25. The average Bonchev–Trinajstić information content (AvgIpc) is 2.60. The Morgan fingerprint density at radius 3 is 2.19 bits per heavy atom. The van der Waals surface area contributed by atoms with Crippen molar-refractivity contribution < 1.29 is 17.2 Å². The van der Waals surface area contributed by atoms with Gasteiger partial charge in [-0.05, 0) is 48.5 Å². The third-order valence-corrected chi connectivity index (χ3v) is 4.98. The highest BCUT2D eigenvalue weighted by atomic mass is 35.5. The molecule has 0 fully saturated rings. The van der Waals surface area contributed by atoms with Gasteiger partial charge in [-0.2, -0.15) is 0 Å². The average molecular weight is 396 g/mol. The van der Waals surface area contributed by atoms with Crippen LogP contribution in [-0.4, -0.2) is 13.4 Å². The molecule has 134 valence electrons. The lowest BCUT2D eigenvalue weighted by Gasteiger charge is -2.10. The first-order chi connectivity index (χ1) is 12.3. The Morgan fingerprint density at radius 2 is 1.58 bits per heavy atom. The third kappa shape index (κ3) is 4.27. The van der Waals surface area contributed by atoms with E-state index in [0.717, 1.165) is 12.1 Å². The van der Waals surface area contributed by atoms with Crippen LogP contribution in [0.25, 0.3) is 0 Å². The van der Waals surface area contributed by atoms with Crippen LogP contribution >= 0.6 is 11.6 Å². The molecule has 3 aromatic rings. The van der Waals surface area contributed by atoms with E-state index < -0.39 is 21.7 Å². The largest absolute Gasteiger partial charge is 0.340 e. The summed E-state index contributed by atoms with van der Waals surface area (Å²) >= 11 is 5.75. The van der Waals surface area contributed by atoms with Crippen molar-refractivity contribution in [1.29, 1.82) is 0 Å². The molecule has 2 N–H and O–H groups in total. The molecule has 0 radical (unpaired) electrons. The molecule has 26 heavy (non-hydrogen) atoms. The maximum Gasteiger partial charge on any atom is 0.261 e. The highest BCUT2D eigenvalue weighted by molar-refractivity contribution is 7.92. The summed E-state index contributed by atoms with van der Waals surface area (Å²) in [6, 6.07) is 12.1. The van der Waals surface area contributed by atoms with Crippen LogP contribution in [-0.2, 0) is 10.0 Å². The second kappa shape index (κ2) is 7.27. The molecule has 0 aliphatic carbocycles. The van der Waals surface area contributed by atoms with E-state index >= 15 is 0 Å². The minimum atomic E-state index is -3.77. The minimum Gasteiger partial charge on any atom is -0.340 e. The van der Waals surface area contributed by atoms with E-state index in [1.165, 1.54) is 48.7 Å². The van der Waals surface area contributed by atoms with Crippen LogP contribution in [0, 0.1) is 11.6 Å². The molecule has 0 bridgehead atoms. The van der Waals surface area contributed by atoms with Crippen molar-refractivity contribution in [3.63, 3.8) is 0 Å². The van der Waals surface area contributed by atoms with Gasteiger partial charge in [-0.25, -0.2) is 22.2 Å². The van der Waals surface area contributed by atoms with Crippen LogP contribution in [0.1, 0.15) is 0 Å². The molecule has 0 atom stereocenters. The standard InChI is InChI=1S/C17H12ClF2N3O2S/c18-11-1-5-14(6-2-11)26(24,25)23-13-4-8-17(21-10-13)22-12-3-7-15(19)16(20)9-12/h1-10,23H,(H,21,22). The Balaban J connectivity index is 1.73. The van der Waals surface area contributed by atoms with E-state index in [0.29, 0.717) is 16.5 Å². The smallest absolute Gasteiger partial charge is 0.261 e. The number of hydrogen-bond donors (Lipinski definition) is 2. The Labute approximate surface area is 153 Å². The summed E-state index contributed by atoms with van der Waals surface area (Å²) in [5, 5.41) is 3.22. The van der Waals surface area contributed by atoms with Crippen molar-refractivity contribution in [2.75, 3.05) is 10.0 Å². The summed E-state index contributed by atoms with van der Waals surface area (Å²) in [7, 11) is -3.77. The zero-order valence-corrected chi connectivity index (χ0v) is 14.7. The number of halogens is 3. The van der Waals surface area contributed by atoms with Gasteiger partial charge >= 0.3 is 0 Å². The number of nitrogens with zero attached hydrogens (tertiary/aromatic N) is 1. The van der Waals surface area contributed by atoms with Gasteiger partial charge < -0.3 is 5.32 Å². The number of sulfonamides is 1. The highest BCUT2D eigenvalue weighted by Gasteiger charge is 2.14. The summed E-state index contributed by atoms with van der Waals surface area (Å²) in [5.41, 5.74) is 0.557. The number of hydrogen-bond acceptors (Lipinski definition) is 4. The Bertz CT molecular complexity index is 1030. The van der Waals surface area contributed by atoms with Gasteiger partial charge in [0.25, 0.3) is 10.0 Å². The predicted molar refractivity (Wildman–Crippen MR) is 96.1 cm³/mol. The maximum atomic E-state index is 13.2. The van der Waals surface area contributed by atoms with Crippen molar-refractivity contribution >= 4 is 38.8 Å². The first-order valence-corrected chi connectivity index (χ1v) is 9.16. The van der Waals surface area contributed by atoms with Gasteiger partial charge in [0, 0.05) is 16.8 Å².